The number of benzene rings is 3. The zero-order chi connectivity index (χ0) is 21.3. The molecule has 150 valence electrons. The molecule has 1 aromatic heterocycles. The minimum absolute atomic E-state index is 0.0743. The molecule has 5 nitrogen and oxygen atoms in total. The molecule has 1 amide bonds. The zero-order valence-electron chi connectivity index (χ0n) is 16.4. The van der Waals surface area contributed by atoms with Crippen LogP contribution in [0.3, 0.4) is 0 Å². The average molecular weight is 482 g/mol. The molecule has 4 aromatic rings. The Morgan fingerprint density at radius 2 is 1.70 bits per heavy atom. The van der Waals surface area contributed by atoms with Crippen LogP contribution in [0.2, 0.25) is 5.02 Å². The number of aromatic nitrogens is 3. The van der Waals surface area contributed by atoms with Crippen molar-refractivity contribution in [3.8, 4) is 17.1 Å². The van der Waals surface area contributed by atoms with Crippen molar-refractivity contribution in [2.24, 2.45) is 0 Å². The molecule has 4 rings (SSSR count). The summed E-state index contributed by atoms with van der Waals surface area (Å²) in [7, 11) is 0. The van der Waals surface area contributed by atoms with Gasteiger partial charge in [0.25, 0.3) is 5.91 Å². The van der Waals surface area contributed by atoms with Gasteiger partial charge in [0.2, 0.25) is 5.82 Å². The van der Waals surface area contributed by atoms with Crippen molar-refractivity contribution in [3.05, 3.63) is 93.2 Å². The summed E-state index contributed by atoms with van der Waals surface area (Å²) in [6, 6.07) is 20.9. The lowest BCUT2D eigenvalue weighted by molar-refractivity contribution is 0.101. The lowest BCUT2D eigenvalue weighted by atomic mass is 10.2. The van der Waals surface area contributed by atoms with E-state index in [0.29, 0.717) is 16.5 Å². The average Bonchev–Trinajstić information content (AvgIpc) is 3.18. The van der Waals surface area contributed by atoms with Crippen LogP contribution in [-0.4, -0.2) is 20.7 Å². The van der Waals surface area contributed by atoms with Crippen LogP contribution in [0.25, 0.3) is 17.1 Å². The van der Waals surface area contributed by atoms with Crippen molar-refractivity contribution in [1.29, 1.82) is 0 Å². The second-order valence-electron chi connectivity index (χ2n) is 6.93. The standard InChI is InChI=1S/C23H18BrClN4O/c1-14-3-10-18(11-4-14)26-23(30)21-27-22(16-6-8-17(24)9-7-16)29(28-21)19-12-5-15(2)20(25)13-19/h3-13H,1-2H3,(H,26,30). The van der Waals surface area contributed by atoms with E-state index >= 15 is 0 Å². The van der Waals surface area contributed by atoms with E-state index in [0.717, 1.165) is 26.9 Å². The summed E-state index contributed by atoms with van der Waals surface area (Å²) in [6.45, 7) is 3.93. The SMILES string of the molecule is Cc1ccc(NC(=O)c2nc(-c3ccc(Br)cc3)n(-c3ccc(C)c(Cl)c3)n2)cc1. The van der Waals surface area contributed by atoms with E-state index < -0.39 is 0 Å². The van der Waals surface area contributed by atoms with Gasteiger partial charge in [-0.1, -0.05) is 63.4 Å². The first-order valence-electron chi connectivity index (χ1n) is 9.28. The van der Waals surface area contributed by atoms with E-state index in [2.05, 4.69) is 31.3 Å². The van der Waals surface area contributed by atoms with Gasteiger partial charge in [-0.05, 0) is 55.8 Å². The summed E-state index contributed by atoms with van der Waals surface area (Å²) >= 11 is 9.77. The third kappa shape index (κ3) is 4.30. The van der Waals surface area contributed by atoms with Gasteiger partial charge in [-0.25, -0.2) is 9.67 Å². The van der Waals surface area contributed by atoms with Crippen molar-refractivity contribution in [2.45, 2.75) is 13.8 Å². The zero-order valence-corrected chi connectivity index (χ0v) is 18.7. The minimum Gasteiger partial charge on any atom is -0.319 e. The molecule has 0 unspecified atom stereocenters. The van der Waals surface area contributed by atoms with Gasteiger partial charge in [0.15, 0.2) is 5.82 Å². The molecule has 0 bridgehead atoms. The highest BCUT2D eigenvalue weighted by atomic mass is 79.9. The largest absolute Gasteiger partial charge is 0.319 e. The third-order valence-electron chi connectivity index (χ3n) is 4.62. The number of amides is 1. The van der Waals surface area contributed by atoms with E-state index in [1.807, 2.05) is 80.6 Å². The van der Waals surface area contributed by atoms with Gasteiger partial charge in [-0.2, -0.15) is 0 Å². The Labute approximate surface area is 187 Å². The molecule has 0 aliphatic carbocycles. The maximum atomic E-state index is 12.8. The number of hydrogen-bond acceptors (Lipinski definition) is 3. The van der Waals surface area contributed by atoms with Crippen molar-refractivity contribution in [2.75, 3.05) is 5.32 Å². The number of anilines is 1. The maximum absolute atomic E-state index is 12.8. The molecule has 1 heterocycles. The Morgan fingerprint density at radius 3 is 2.37 bits per heavy atom. The van der Waals surface area contributed by atoms with Crippen LogP contribution in [0, 0.1) is 13.8 Å². The molecule has 0 spiro atoms. The van der Waals surface area contributed by atoms with E-state index in [1.54, 1.807) is 4.68 Å². The van der Waals surface area contributed by atoms with Gasteiger partial charge in [-0.3, -0.25) is 4.79 Å². The van der Waals surface area contributed by atoms with Crippen LogP contribution in [-0.2, 0) is 0 Å². The van der Waals surface area contributed by atoms with Crippen molar-refractivity contribution >= 4 is 39.1 Å². The summed E-state index contributed by atoms with van der Waals surface area (Å²) in [6.07, 6.45) is 0. The van der Waals surface area contributed by atoms with E-state index in [9.17, 15) is 4.79 Å². The molecule has 0 saturated heterocycles. The molecule has 0 atom stereocenters. The number of nitrogens with one attached hydrogen (secondary N) is 1. The fourth-order valence-electron chi connectivity index (χ4n) is 2.91. The van der Waals surface area contributed by atoms with Crippen LogP contribution in [0.4, 0.5) is 5.69 Å². The Balaban J connectivity index is 1.76. The van der Waals surface area contributed by atoms with Crippen molar-refractivity contribution in [3.63, 3.8) is 0 Å². The molecule has 1 N–H and O–H groups in total. The Kier molecular flexibility index (Phi) is 5.70. The molecule has 0 saturated carbocycles. The molecule has 7 heteroatoms. The molecule has 0 fully saturated rings. The Morgan fingerprint density at radius 1 is 1.00 bits per heavy atom. The van der Waals surface area contributed by atoms with Crippen LogP contribution in [0.15, 0.2) is 71.2 Å². The quantitative estimate of drug-likeness (QED) is 0.376. The van der Waals surface area contributed by atoms with Gasteiger partial charge in [0.1, 0.15) is 0 Å². The maximum Gasteiger partial charge on any atom is 0.295 e. The Bertz CT molecular complexity index is 1220. The van der Waals surface area contributed by atoms with Crippen LogP contribution in [0.1, 0.15) is 21.7 Å². The van der Waals surface area contributed by atoms with Crippen LogP contribution in [0.5, 0.6) is 0 Å². The molecule has 0 radical (unpaired) electrons. The fraction of sp³-hybridized carbons (Fsp3) is 0.0870. The molecular formula is C23H18BrClN4O. The predicted molar refractivity (Wildman–Crippen MR) is 123 cm³/mol. The number of carbonyl (C=O) groups excluding carboxylic acids is 1. The highest BCUT2D eigenvalue weighted by molar-refractivity contribution is 9.10. The number of carbonyl (C=O) groups is 1. The highest BCUT2D eigenvalue weighted by Gasteiger charge is 2.19. The molecule has 3 aromatic carbocycles. The molecular weight excluding hydrogens is 464 g/mol. The number of halogens is 2. The Hall–Kier alpha value is -2.96. The first kappa shape index (κ1) is 20.3. The van der Waals surface area contributed by atoms with Crippen LogP contribution < -0.4 is 5.32 Å². The predicted octanol–water partition coefficient (Wildman–Crippen LogP) is 6.22. The highest BCUT2D eigenvalue weighted by Crippen LogP contribution is 2.26. The summed E-state index contributed by atoms with van der Waals surface area (Å²) in [5.74, 6) is 0.246. The lowest BCUT2D eigenvalue weighted by Gasteiger charge is -2.07. The second-order valence-corrected chi connectivity index (χ2v) is 8.25. The summed E-state index contributed by atoms with van der Waals surface area (Å²) in [5, 5.41) is 7.96. The smallest absolute Gasteiger partial charge is 0.295 e. The fourth-order valence-corrected chi connectivity index (χ4v) is 3.35. The lowest BCUT2D eigenvalue weighted by Crippen LogP contribution is -2.14. The van der Waals surface area contributed by atoms with E-state index in [-0.39, 0.29) is 11.7 Å². The number of nitrogens with zero attached hydrogens (tertiary/aromatic N) is 3. The molecule has 0 aliphatic rings. The summed E-state index contributed by atoms with van der Waals surface area (Å²) in [4.78, 5) is 17.4. The monoisotopic (exact) mass is 480 g/mol. The first-order chi connectivity index (χ1) is 14.4. The van der Waals surface area contributed by atoms with Gasteiger partial charge in [0, 0.05) is 20.7 Å². The van der Waals surface area contributed by atoms with E-state index in [4.69, 9.17) is 11.6 Å². The second kappa shape index (κ2) is 8.42. The van der Waals surface area contributed by atoms with E-state index in [1.165, 1.54) is 0 Å². The van der Waals surface area contributed by atoms with Crippen molar-refractivity contribution < 1.29 is 4.79 Å². The number of hydrogen-bond donors (Lipinski definition) is 1. The van der Waals surface area contributed by atoms with Crippen molar-refractivity contribution in [1.82, 2.24) is 14.8 Å². The van der Waals surface area contributed by atoms with Gasteiger partial charge in [-0.15, -0.1) is 5.10 Å². The minimum atomic E-state index is -0.380. The van der Waals surface area contributed by atoms with Gasteiger partial charge >= 0.3 is 0 Å². The first-order valence-corrected chi connectivity index (χ1v) is 10.5. The third-order valence-corrected chi connectivity index (χ3v) is 5.56. The van der Waals surface area contributed by atoms with Crippen LogP contribution >= 0.6 is 27.5 Å². The van der Waals surface area contributed by atoms with Gasteiger partial charge < -0.3 is 5.32 Å². The summed E-state index contributed by atoms with van der Waals surface area (Å²) < 4.78 is 2.59. The number of aryl methyl sites for hydroxylation is 2. The molecule has 30 heavy (non-hydrogen) atoms. The summed E-state index contributed by atoms with van der Waals surface area (Å²) in [5.41, 5.74) is 4.32. The normalized spacial score (nSPS) is 10.8. The topological polar surface area (TPSA) is 59.8 Å². The molecule has 0 aliphatic heterocycles. The van der Waals surface area contributed by atoms with Gasteiger partial charge in [0.05, 0.1) is 5.69 Å². The number of rotatable bonds is 4.